The molecule has 1 rings (SSSR count). The minimum atomic E-state index is -0.120. The number of phenols is 2. The summed E-state index contributed by atoms with van der Waals surface area (Å²) in [5, 5.41) is 19.3. The molecule has 0 heterocycles. The summed E-state index contributed by atoms with van der Waals surface area (Å²) in [4.78, 5) is 11.5. The van der Waals surface area contributed by atoms with Crippen LogP contribution in [0.2, 0.25) is 0 Å². The zero-order chi connectivity index (χ0) is 11.4. The van der Waals surface area contributed by atoms with Gasteiger partial charge >= 0.3 is 0 Å². The van der Waals surface area contributed by atoms with E-state index in [0.29, 0.717) is 22.0 Å². The first-order chi connectivity index (χ1) is 7.11. The van der Waals surface area contributed by atoms with Gasteiger partial charge in [-0.3, -0.25) is 4.79 Å². The van der Waals surface area contributed by atoms with Crippen LogP contribution in [0.1, 0.15) is 29.3 Å². The third-order valence-corrected chi connectivity index (χ3v) is 2.87. The number of alkyl halides is 1. The van der Waals surface area contributed by atoms with Gasteiger partial charge in [0.25, 0.3) is 0 Å². The monoisotopic (exact) mass is 320 g/mol. The third-order valence-electron chi connectivity index (χ3n) is 2.18. The molecule has 0 aliphatic heterocycles. The van der Waals surface area contributed by atoms with Gasteiger partial charge in [0.1, 0.15) is 11.5 Å². The summed E-state index contributed by atoms with van der Waals surface area (Å²) in [5.41, 5.74) is 0.763. The standard InChI is InChI=1S/C11H13IO3/c1-2-3-7-9(13)5-4-8(11(7)15)10(14)6-12/h4-5,13,15H,2-3,6H2,1H3. The van der Waals surface area contributed by atoms with E-state index in [4.69, 9.17) is 0 Å². The second kappa shape index (κ2) is 5.34. The summed E-state index contributed by atoms with van der Waals surface area (Å²) < 4.78 is 0.321. The average Bonchev–Trinajstić information content (AvgIpc) is 2.23. The lowest BCUT2D eigenvalue weighted by Gasteiger charge is -2.09. The van der Waals surface area contributed by atoms with Crippen molar-refractivity contribution in [2.45, 2.75) is 19.8 Å². The summed E-state index contributed by atoms with van der Waals surface area (Å²) >= 11 is 1.95. The van der Waals surface area contributed by atoms with Crippen LogP contribution in [-0.4, -0.2) is 20.4 Å². The Labute approximate surface area is 102 Å². The molecule has 4 heteroatoms. The highest BCUT2D eigenvalue weighted by atomic mass is 127. The Morgan fingerprint density at radius 3 is 2.60 bits per heavy atom. The van der Waals surface area contributed by atoms with Crippen LogP contribution in [0, 0.1) is 0 Å². The van der Waals surface area contributed by atoms with Crippen LogP contribution in [0.15, 0.2) is 12.1 Å². The molecule has 0 saturated carbocycles. The summed E-state index contributed by atoms with van der Waals surface area (Å²) in [7, 11) is 0. The molecule has 0 aromatic heterocycles. The summed E-state index contributed by atoms with van der Waals surface area (Å²) in [6.45, 7) is 1.95. The molecular formula is C11H13IO3. The smallest absolute Gasteiger partial charge is 0.176 e. The minimum Gasteiger partial charge on any atom is -0.508 e. The molecule has 82 valence electrons. The molecule has 2 N–H and O–H groups in total. The first-order valence-electron chi connectivity index (χ1n) is 4.74. The molecule has 3 nitrogen and oxygen atoms in total. The molecular weight excluding hydrogens is 307 g/mol. The number of hydrogen-bond acceptors (Lipinski definition) is 3. The normalized spacial score (nSPS) is 10.3. The Morgan fingerprint density at radius 1 is 1.40 bits per heavy atom. The molecule has 0 aliphatic carbocycles. The number of benzene rings is 1. The number of hydrogen-bond donors (Lipinski definition) is 2. The average molecular weight is 320 g/mol. The van der Waals surface area contributed by atoms with E-state index in [9.17, 15) is 15.0 Å². The second-order valence-corrected chi connectivity index (χ2v) is 4.03. The molecule has 1 aromatic carbocycles. The predicted molar refractivity (Wildman–Crippen MR) is 67.0 cm³/mol. The van der Waals surface area contributed by atoms with Gasteiger partial charge in [0.15, 0.2) is 5.78 Å². The van der Waals surface area contributed by atoms with Crippen molar-refractivity contribution in [1.29, 1.82) is 0 Å². The molecule has 0 saturated heterocycles. The highest BCUT2D eigenvalue weighted by Crippen LogP contribution is 2.32. The van der Waals surface area contributed by atoms with Crippen LogP contribution < -0.4 is 0 Å². The zero-order valence-corrected chi connectivity index (χ0v) is 10.6. The highest BCUT2D eigenvalue weighted by Gasteiger charge is 2.15. The van der Waals surface area contributed by atoms with Gasteiger partial charge in [-0.25, -0.2) is 0 Å². The number of ketones is 1. The van der Waals surface area contributed by atoms with Crippen molar-refractivity contribution in [2.24, 2.45) is 0 Å². The maximum absolute atomic E-state index is 11.5. The Morgan fingerprint density at radius 2 is 2.07 bits per heavy atom. The molecule has 15 heavy (non-hydrogen) atoms. The lowest BCUT2D eigenvalue weighted by atomic mass is 10.0. The van der Waals surface area contributed by atoms with E-state index >= 15 is 0 Å². The number of carbonyl (C=O) groups is 1. The number of phenolic OH excluding ortho intramolecular Hbond substituents is 2. The summed E-state index contributed by atoms with van der Waals surface area (Å²) in [5.74, 6) is -0.136. The summed E-state index contributed by atoms with van der Waals surface area (Å²) in [6.07, 6.45) is 1.38. The van der Waals surface area contributed by atoms with Crippen LogP contribution in [-0.2, 0) is 6.42 Å². The van der Waals surface area contributed by atoms with Crippen LogP contribution in [0.5, 0.6) is 11.5 Å². The minimum absolute atomic E-state index is 0.0550. The van der Waals surface area contributed by atoms with Crippen LogP contribution in [0.3, 0.4) is 0 Å². The molecule has 0 unspecified atom stereocenters. The Balaban J connectivity index is 3.21. The fraction of sp³-hybridized carbons (Fsp3) is 0.364. The van der Waals surface area contributed by atoms with E-state index in [1.165, 1.54) is 12.1 Å². The van der Waals surface area contributed by atoms with Crippen molar-refractivity contribution in [3.05, 3.63) is 23.3 Å². The van der Waals surface area contributed by atoms with Gasteiger partial charge in [-0.05, 0) is 18.6 Å². The van der Waals surface area contributed by atoms with Crippen LogP contribution in [0.4, 0.5) is 0 Å². The van der Waals surface area contributed by atoms with E-state index < -0.39 is 0 Å². The molecule has 0 amide bonds. The predicted octanol–water partition coefficient (Wildman–Crippen LogP) is 2.67. The van der Waals surface area contributed by atoms with Crippen molar-refractivity contribution >= 4 is 28.4 Å². The van der Waals surface area contributed by atoms with Crippen molar-refractivity contribution in [3.63, 3.8) is 0 Å². The molecule has 0 spiro atoms. The van der Waals surface area contributed by atoms with E-state index in [1.807, 2.05) is 29.5 Å². The van der Waals surface area contributed by atoms with E-state index in [1.54, 1.807) is 0 Å². The Kier molecular flexibility index (Phi) is 4.38. The maximum atomic E-state index is 11.5. The number of Topliss-reactive ketones (excluding diaryl/α,β-unsaturated/α-hetero) is 1. The zero-order valence-electron chi connectivity index (χ0n) is 8.46. The van der Waals surface area contributed by atoms with E-state index in [-0.39, 0.29) is 17.3 Å². The van der Waals surface area contributed by atoms with Crippen LogP contribution >= 0.6 is 22.6 Å². The third kappa shape index (κ3) is 2.62. The molecule has 0 radical (unpaired) electrons. The molecule has 1 aromatic rings. The Bertz CT molecular complexity index is 374. The van der Waals surface area contributed by atoms with Crippen molar-refractivity contribution in [1.82, 2.24) is 0 Å². The van der Waals surface area contributed by atoms with Gasteiger partial charge < -0.3 is 10.2 Å². The topological polar surface area (TPSA) is 57.5 Å². The van der Waals surface area contributed by atoms with Gasteiger partial charge in [-0.15, -0.1) is 0 Å². The number of halogens is 1. The fourth-order valence-electron chi connectivity index (χ4n) is 1.42. The van der Waals surface area contributed by atoms with Gasteiger partial charge in [-0.2, -0.15) is 0 Å². The van der Waals surface area contributed by atoms with E-state index in [2.05, 4.69) is 0 Å². The lowest BCUT2D eigenvalue weighted by molar-refractivity contribution is 0.102. The first kappa shape index (κ1) is 12.3. The van der Waals surface area contributed by atoms with Gasteiger partial charge in [-0.1, -0.05) is 35.9 Å². The molecule has 0 bridgehead atoms. The SMILES string of the molecule is CCCc1c(O)ccc(C(=O)CI)c1O. The fourth-order valence-corrected chi connectivity index (χ4v) is 1.83. The Hall–Kier alpha value is -0.780. The molecule has 0 fully saturated rings. The summed E-state index contributed by atoms with van der Waals surface area (Å²) in [6, 6.07) is 2.93. The lowest BCUT2D eigenvalue weighted by Crippen LogP contribution is -2.02. The number of rotatable bonds is 4. The van der Waals surface area contributed by atoms with E-state index in [0.717, 1.165) is 6.42 Å². The maximum Gasteiger partial charge on any atom is 0.176 e. The highest BCUT2D eigenvalue weighted by molar-refractivity contribution is 14.1. The number of aromatic hydroxyl groups is 2. The van der Waals surface area contributed by atoms with Gasteiger partial charge in [0.05, 0.1) is 9.99 Å². The van der Waals surface area contributed by atoms with Crippen molar-refractivity contribution in [3.8, 4) is 11.5 Å². The molecule has 0 aliphatic rings. The quantitative estimate of drug-likeness (QED) is 0.509. The first-order valence-corrected chi connectivity index (χ1v) is 6.27. The number of carbonyl (C=O) groups excluding carboxylic acids is 1. The van der Waals surface area contributed by atoms with Gasteiger partial charge in [0, 0.05) is 5.56 Å². The van der Waals surface area contributed by atoms with Crippen molar-refractivity contribution < 1.29 is 15.0 Å². The van der Waals surface area contributed by atoms with Crippen molar-refractivity contribution in [2.75, 3.05) is 4.43 Å². The van der Waals surface area contributed by atoms with Crippen LogP contribution in [0.25, 0.3) is 0 Å². The second-order valence-electron chi connectivity index (χ2n) is 3.27. The van der Waals surface area contributed by atoms with Gasteiger partial charge in [0.2, 0.25) is 0 Å². The molecule has 0 atom stereocenters. The largest absolute Gasteiger partial charge is 0.508 e.